The van der Waals surface area contributed by atoms with Gasteiger partial charge in [-0.05, 0) is 47.4 Å². The number of nitrogens with one attached hydrogen (secondary N) is 1. The monoisotopic (exact) mass is 371 g/mol. The standard InChI is InChI=1S/C25H25NO2/c1-27-20-14-11-18(12-15-20)23-24-21-10-6-5-7-17(21)13-16-22(24)28-25(23)26-19-8-3-2-4-9-19/h5-7,10-16,19,26H,2-4,8-9H2,1H3. The van der Waals surface area contributed by atoms with Gasteiger partial charge in [0.2, 0.25) is 5.88 Å². The van der Waals surface area contributed by atoms with Gasteiger partial charge in [0, 0.05) is 11.4 Å². The molecule has 1 fully saturated rings. The molecule has 0 spiro atoms. The lowest BCUT2D eigenvalue weighted by atomic mass is 9.94. The second kappa shape index (κ2) is 7.23. The summed E-state index contributed by atoms with van der Waals surface area (Å²) in [4.78, 5) is 0. The maximum atomic E-state index is 6.38. The molecular weight excluding hydrogens is 346 g/mol. The molecule has 1 heterocycles. The average Bonchev–Trinajstić information content (AvgIpc) is 3.13. The van der Waals surface area contributed by atoms with E-state index in [1.54, 1.807) is 7.11 Å². The van der Waals surface area contributed by atoms with Gasteiger partial charge in [-0.25, -0.2) is 0 Å². The number of anilines is 1. The fourth-order valence-corrected chi connectivity index (χ4v) is 4.44. The fraction of sp³-hybridized carbons (Fsp3) is 0.280. The third-order valence-electron chi connectivity index (χ3n) is 5.90. The van der Waals surface area contributed by atoms with Gasteiger partial charge < -0.3 is 14.5 Å². The van der Waals surface area contributed by atoms with Gasteiger partial charge in [-0.2, -0.15) is 0 Å². The van der Waals surface area contributed by atoms with Crippen LogP contribution in [0, 0.1) is 0 Å². The smallest absolute Gasteiger partial charge is 0.202 e. The summed E-state index contributed by atoms with van der Waals surface area (Å²) in [6, 6.07) is 21.5. The van der Waals surface area contributed by atoms with Crippen LogP contribution in [0.4, 0.5) is 5.88 Å². The number of hydrogen-bond acceptors (Lipinski definition) is 3. The highest BCUT2D eigenvalue weighted by molar-refractivity contribution is 6.15. The molecule has 3 nitrogen and oxygen atoms in total. The quantitative estimate of drug-likeness (QED) is 0.419. The van der Waals surface area contributed by atoms with E-state index in [1.165, 1.54) is 48.3 Å². The number of benzene rings is 3. The maximum absolute atomic E-state index is 6.38. The summed E-state index contributed by atoms with van der Waals surface area (Å²) >= 11 is 0. The predicted octanol–water partition coefficient (Wildman–Crippen LogP) is 7.01. The summed E-state index contributed by atoms with van der Waals surface area (Å²) in [6.07, 6.45) is 6.34. The topological polar surface area (TPSA) is 34.4 Å². The Labute approximate surface area is 165 Å². The predicted molar refractivity (Wildman–Crippen MR) is 116 cm³/mol. The Kier molecular flexibility index (Phi) is 4.44. The molecule has 5 rings (SSSR count). The summed E-state index contributed by atoms with van der Waals surface area (Å²) in [5.41, 5.74) is 3.23. The first-order valence-corrected chi connectivity index (χ1v) is 10.2. The number of furan rings is 1. The van der Waals surface area contributed by atoms with Crippen LogP contribution in [0.3, 0.4) is 0 Å². The summed E-state index contributed by atoms with van der Waals surface area (Å²) < 4.78 is 11.7. The summed E-state index contributed by atoms with van der Waals surface area (Å²) in [5, 5.41) is 7.37. The van der Waals surface area contributed by atoms with Gasteiger partial charge in [0.1, 0.15) is 11.3 Å². The van der Waals surface area contributed by atoms with Crippen LogP contribution in [0.25, 0.3) is 32.9 Å². The molecular formula is C25H25NO2. The van der Waals surface area contributed by atoms with Crippen LogP contribution in [0.2, 0.25) is 0 Å². The molecule has 3 heteroatoms. The van der Waals surface area contributed by atoms with E-state index in [0.717, 1.165) is 28.3 Å². The van der Waals surface area contributed by atoms with Crippen molar-refractivity contribution in [2.45, 2.75) is 38.1 Å². The molecule has 0 unspecified atom stereocenters. The van der Waals surface area contributed by atoms with Crippen LogP contribution in [-0.2, 0) is 0 Å². The number of methoxy groups -OCH3 is 1. The van der Waals surface area contributed by atoms with Crippen molar-refractivity contribution in [1.29, 1.82) is 0 Å². The van der Waals surface area contributed by atoms with Gasteiger partial charge in [-0.15, -0.1) is 0 Å². The van der Waals surface area contributed by atoms with Crippen LogP contribution >= 0.6 is 0 Å². The Morgan fingerprint density at radius 3 is 2.46 bits per heavy atom. The molecule has 142 valence electrons. The van der Waals surface area contributed by atoms with Crippen molar-refractivity contribution in [1.82, 2.24) is 0 Å². The van der Waals surface area contributed by atoms with Crippen LogP contribution in [0.15, 0.2) is 65.1 Å². The Morgan fingerprint density at radius 2 is 1.68 bits per heavy atom. The molecule has 1 aromatic heterocycles. The van der Waals surface area contributed by atoms with Gasteiger partial charge in [-0.1, -0.05) is 61.7 Å². The van der Waals surface area contributed by atoms with E-state index in [4.69, 9.17) is 9.15 Å². The normalized spacial score (nSPS) is 15.2. The van der Waals surface area contributed by atoms with E-state index in [1.807, 2.05) is 12.1 Å². The Morgan fingerprint density at radius 1 is 0.893 bits per heavy atom. The number of rotatable bonds is 4. The minimum Gasteiger partial charge on any atom is -0.497 e. The Bertz CT molecular complexity index is 1100. The van der Waals surface area contributed by atoms with Gasteiger partial charge in [-0.3, -0.25) is 0 Å². The highest BCUT2D eigenvalue weighted by Gasteiger charge is 2.22. The van der Waals surface area contributed by atoms with E-state index in [2.05, 4.69) is 53.8 Å². The van der Waals surface area contributed by atoms with Crippen molar-refractivity contribution in [2.75, 3.05) is 12.4 Å². The van der Waals surface area contributed by atoms with Crippen LogP contribution in [0.1, 0.15) is 32.1 Å². The van der Waals surface area contributed by atoms with Crippen LogP contribution < -0.4 is 10.1 Å². The second-order valence-corrected chi connectivity index (χ2v) is 7.67. The number of hydrogen-bond donors (Lipinski definition) is 1. The van der Waals surface area contributed by atoms with Crippen molar-refractivity contribution in [3.63, 3.8) is 0 Å². The number of fused-ring (bicyclic) bond motifs is 3. The molecule has 28 heavy (non-hydrogen) atoms. The van der Waals surface area contributed by atoms with E-state index < -0.39 is 0 Å². The SMILES string of the molecule is COc1ccc(-c2c(NC3CCCCC3)oc3ccc4ccccc4c23)cc1. The second-order valence-electron chi connectivity index (χ2n) is 7.67. The van der Waals surface area contributed by atoms with Crippen molar-refractivity contribution in [2.24, 2.45) is 0 Å². The van der Waals surface area contributed by atoms with E-state index >= 15 is 0 Å². The first kappa shape index (κ1) is 17.2. The molecule has 3 aromatic carbocycles. The van der Waals surface area contributed by atoms with Gasteiger partial charge >= 0.3 is 0 Å². The molecule has 1 aliphatic rings. The first-order valence-electron chi connectivity index (χ1n) is 10.2. The molecule has 0 saturated heterocycles. The minimum atomic E-state index is 0.484. The summed E-state index contributed by atoms with van der Waals surface area (Å²) in [6.45, 7) is 0. The van der Waals surface area contributed by atoms with Gasteiger partial charge in [0.05, 0.1) is 12.7 Å². The molecule has 0 radical (unpaired) electrons. The zero-order valence-corrected chi connectivity index (χ0v) is 16.2. The van der Waals surface area contributed by atoms with Crippen molar-refractivity contribution in [3.05, 3.63) is 60.7 Å². The number of ether oxygens (including phenoxy) is 1. The van der Waals surface area contributed by atoms with Crippen LogP contribution in [-0.4, -0.2) is 13.2 Å². The molecule has 1 saturated carbocycles. The molecule has 0 bridgehead atoms. The Balaban J connectivity index is 1.71. The molecule has 1 aliphatic carbocycles. The highest BCUT2D eigenvalue weighted by Crippen LogP contribution is 2.43. The van der Waals surface area contributed by atoms with Gasteiger partial charge in [0.15, 0.2) is 0 Å². The third-order valence-corrected chi connectivity index (χ3v) is 5.90. The van der Waals surface area contributed by atoms with E-state index in [9.17, 15) is 0 Å². The Hall–Kier alpha value is -2.94. The molecule has 0 amide bonds. The average molecular weight is 371 g/mol. The maximum Gasteiger partial charge on any atom is 0.202 e. The van der Waals surface area contributed by atoms with E-state index in [0.29, 0.717) is 6.04 Å². The first-order chi connectivity index (χ1) is 13.8. The largest absolute Gasteiger partial charge is 0.497 e. The molecule has 0 aliphatic heterocycles. The van der Waals surface area contributed by atoms with Crippen molar-refractivity contribution < 1.29 is 9.15 Å². The third kappa shape index (κ3) is 3.01. The van der Waals surface area contributed by atoms with Crippen LogP contribution in [0.5, 0.6) is 5.75 Å². The zero-order valence-electron chi connectivity index (χ0n) is 16.2. The van der Waals surface area contributed by atoms with Crippen molar-refractivity contribution >= 4 is 27.6 Å². The molecule has 4 aromatic rings. The zero-order chi connectivity index (χ0) is 18.9. The summed E-state index contributed by atoms with van der Waals surface area (Å²) in [7, 11) is 1.70. The van der Waals surface area contributed by atoms with Crippen molar-refractivity contribution in [3.8, 4) is 16.9 Å². The lowest BCUT2D eigenvalue weighted by Gasteiger charge is -2.23. The fourth-order valence-electron chi connectivity index (χ4n) is 4.44. The molecule has 0 atom stereocenters. The van der Waals surface area contributed by atoms with Gasteiger partial charge in [0.25, 0.3) is 0 Å². The summed E-state index contributed by atoms with van der Waals surface area (Å²) in [5.74, 6) is 1.76. The highest BCUT2D eigenvalue weighted by atomic mass is 16.5. The lowest BCUT2D eigenvalue weighted by molar-refractivity contribution is 0.415. The molecule has 1 N–H and O–H groups in total. The minimum absolute atomic E-state index is 0.484. The lowest BCUT2D eigenvalue weighted by Crippen LogP contribution is -2.22. The van der Waals surface area contributed by atoms with E-state index in [-0.39, 0.29) is 0 Å².